The van der Waals surface area contributed by atoms with E-state index in [0.717, 1.165) is 18.4 Å². The summed E-state index contributed by atoms with van der Waals surface area (Å²) >= 11 is 5.87. The number of furan rings is 1. The molecule has 1 fully saturated rings. The fourth-order valence-corrected chi connectivity index (χ4v) is 5.62. The number of hydrogen-bond donors (Lipinski definition) is 0. The molecule has 110 valence electrons. The van der Waals surface area contributed by atoms with Gasteiger partial charge in [-0.1, -0.05) is 24.3 Å². The van der Waals surface area contributed by atoms with Crippen LogP contribution >= 0.6 is 11.6 Å². The quantitative estimate of drug-likeness (QED) is 0.849. The Kier molecular flexibility index (Phi) is 2.93. The number of nitrogens with zero attached hydrogens (tertiary/aromatic N) is 1. The van der Waals surface area contributed by atoms with Crippen LogP contribution in [0.25, 0.3) is 0 Å². The van der Waals surface area contributed by atoms with Crippen LogP contribution in [0.1, 0.15) is 35.9 Å². The molecule has 3 aliphatic rings. The summed E-state index contributed by atoms with van der Waals surface area (Å²) in [5, 5.41) is -0.0651. The van der Waals surface area contributed by atoms with Crippen LogP contribution in [-0.4, -0.2) is 19.3 Å². The van der Waals surface area contributed by atoms with Crippen molar-refractivity contribution in [1.82, 2.24) is 4.31 Å². The minimum Gasteiger partial charge on any atom is -0.451 e. The van der Waals surface area contributed by atoms with Gasteiger partial charge in [-0.15, -0.1) is 0 Å². The van der Waals surface area contributed by atoms with E-state index in [1.54, 1.807) is 4.31 Å². The smallest absolute Gasteiger partial charge is 0.248 e. The van der Waals surface area contributed by atoms with E-state index in [1.165, 1.54) is 17.9 Å². The summed E-state index contributed by atoms with van der Waals surface area (Å²) in [6, 6.07) is 9.46. The van der Waals surface area contributed by atoms with Gasteiger partial charge in [-0.25, -0.2) is 8.42 Å². The highest BCUT2D eigenvalue weighted by molar-refractivity contribution is 7.89. The second-order valence-corrected chi connectivity index (χ2v) is 7.75. The third-order valence-corrected chi connectivity index (χ3v) is 6.81. The summed E-state index contributed by atoms with van der Waals surface area (Å²) in [7, 11) is -3.62. The van der Waals surface area contributed by atoms with Gasteiger partial charge in [-0.2, -0.15) is 4.31 Å². The summed E-state index contributed by atoms with van der Waals surface area (Å²) in [6.45, 7) is 0.519. The lowest BCUT2D eigenvalue weighted by atomic mass is 9.76. The van der Waals surface area contributed by atoms with Crippen molar-refractivity contribution in [1.29, 1.82) is 0 Å². The SMILES string of the molecule is O=S(=O)(c1ccoc1Cl)N1C[C@@H]2CC[C@H]1c1ccccc12. The number of sulfonamides is 1. The molecule has 21 heavy (non-hydrogen) atoms. The Balaban J connectivity index is 1.81. The molecule has 5 rings (SSSR count). The Bertz CT molecular complexity index is 799. The zero-order chi connectivity index (χ0) is 14.6. The van der Waals surface area contributed by atoms with E-state index >= 15 is 0 Å². The molecule has 0 saturated carbocycles. The minimum absolute atomic E-state index is 0.0641. The molecule has 4 nitrogen and oxygen atoms in total. The topological polar surface area (TPSA) is 50.5 Å². The highest BCUT2D eigenvalue weighted by Gasteiger charge is 2.44. The third kappa shape index (κ3) is 1.88. The number of benzene rings is 1. The molecule has 0 amide bonds. The Hall–Kier alpha value is -1.30. The molecule has 2 aliphatic heterocycles. The summed E-state index contributed by atoms with van der Waals surface area (Å²) < 4.78 is 32.2. The molecule has 0 N–H and O–H groups in total. The largest absolute Gasteiger partial charge is 0.451 e. The average Bonchev–Trinajstić information content (AvgIpc) is 2.95. The summed E-state index contributed by atoms with van der Waals surface area (Å²) in [4.78, 5) is 0.0641. The number of piperidine rings is 1. The van der Waals surface area contributed by atoms with E-state index in [1.807, 2.05) is 18.2 Å². The number of hydrogen-bond acceptors (Lipinski definition) is 3. The number of halogens is 1. The predicted octanol–water partition coefficient (Wildman–Crippen LogP) is 3.56. The van der Waals surface area contributed by atoms with E-state index in [0.29, 0.717) is 6.54 Å². The normalized spacial score (nSPS) is 25.0. The van der Waals surface area contributed by atoms with Crippen molar-refractivity contribution in [2.75, 3.05) is 6.54 Å². The molecule has 1 aromatic carbocycles. The average molecular weight is 324 g/mol. The van der Waals surface area contributed by atoms with Crippen molar-refractivity contribution >= 4 is 21.6 Å². The maximum atomic E-state index is 12.9. The van der Waals surface area contributed by atoms with Crippen molar-refractivity contribution in [3.05, 3.63) is 52.9 Å². The molecule has 1 aliphatic carbocycles. The molecule has 6 heteroatoms. The van der Waals surface area contributed by atoms with Crippen LogP contribution in [0, 0.1) is 0 Å². The molecule has 2 atom stereocenters. The molecule has 0 spiro atoms. The summed E-state index contributed by atoms with van der Waals surface area (Å²) in [6.07, 6.45) is 3.20. The lowest BCUT2D eigenvalue weighted by molar-refractivity contribution is 0.207. The maximum Gasteiger partial charge on any atom is 0.248 e. The lowest BCUT2D eigenvalue weighted by Gasteiger charge is -2.45. The highest BCUT2D eigenvalue weighted by atomic mass is 35.5. The van der Waals surface area contributed by atoms with Gasteiger partial charge in [0.2, 0.25) is 15.2 Å². The fourth-order valence-electron chi connectivity index (χ4n) is 3.55. The molecule has 0 radical (unpaired) electrons. The highest BCUT2D eigenvalue weighted by Crippen LogP contribution is 2.48. The summed E-state index contributed by atoms with van der Waals surface area (Å²) in [5.41, 5.74) is 2.42. The van der Waals surface area contributed by atoms with Crippen molar-refractivity contribution in [3.8, 4) is 0 Å². The summed E-state index contributed by atoms with van der Waals surface area (Å²) in [5.74, 6) is 0.270. The first-order valence-electron chi connectivity index (χ1n) is 6.92. The Morgan fingerprint density at radius 1 is 1.14 bits per heavy atom. The van der Waals surface area contributed by atoms with Gasteiger partial charge in [0.25, 0.3) is 0 Å². The van der Waals surface area contributed by atoms with E-state index < -0.39 is 10.0 Å². The molecular weight excluding hydrogens is 310 g/mol. The Morgan fingerprint density at radius 2 is 1.90 bits per heavy atom. The second-order valence-electron chi connectivity index (χ2n) is 5.55. The van der Waals surface area contributed by atoms with E-state index in [2.05, 4.69) is 6.07 Å². The number of rotatable bonds is 2. The first kappa shape index (κ1) is 13.4. The first-order valence-corrected chi connectivity index (χ1v) is 8.74. The predicted molar refractivity (Wildman–Crippen MR) is 78.8 cm³/mol. The van der Waals surface area contributed by atoms with Crippen LogP contribution in [0.2, 0.25) is 5.22 Å². The van der Waals surface area contributed by atoms with Crippen LogP contribution < -0.4 is 0 Å². The van der Waals surface area contributed by atoms with Gasteiger partial charge in [-0.3, -0.25) is 0 Å². The van der Waals surface area contributed by atoms with Crippen molar-refractivity contribution in [2.45, 2.75) is 29.7 Å². The lowest BCUT2D eigenvalue weighted by Crippen LogP contribution is -2.45. The van der Waals surface area contributed by atoms with Crippen molar-refractivity contribution in [3.63, 3.8) is 0 Å². The van der Waals surface area contributed by atoms with E-state index in [4.69, 9.17) is 16.0 Å². The standard InChI is InChI=1S/C15H14ClNO3S/c16-15-14(7-8-20-15)21(18,19)17-9-10-5-6-13(17)12-4-2-1-3-11(10)12/h1-4,7-8,10,13H,5-6,9H2/t10-,13-/m0/s1. The van der Waals surface area contributed by atoms with E-state index in [9.17, 15) is 8.42 Å². The van der Waals surface area contributed by atoms with Gasteiger partial charge in [-0.05, 0) is 47.6 Å². The molecule has 2 aromatic rings. The molecular formula is C15H14ClNO3S. The van der Waals surface area contributed by atoms with Crippen molar-refractivity contribution < 1.29 is 12.8 Å². The van der Waals surface area contributed by atoms with Crippen LogP contribution in [0.4, 0.5) is 0 Å². The number of fused-ring (bicyclic) bond motifs is 2. The minimum atomic E-state index is -3.62. The Labute approximate surface area is 128 Å². The fraction of sp³-hybridized carbons (Fsp3) is 0.333. The first-order chi connectivity index (χ1) is 10.1. The molecule has 3 heterocycles. The van der Waals surface area contributed by atoms with Crippen LogP contribution in [-0.2, 0) is 10.0 Å². The van der Waals surface area contributed by atoms with Crippen LogP contribution in [0.5, 0.6) is 0 Å². The van der Waals surface area contributed by atoms with Crippen molar-refractivity contribution in [2.24, 2.45) is 0 Å². The second kappa shape index (κ2) is 4.60. The van der Waals surface area contributed by atoms with Gasteiger partial charge in [0.15, 0.2) is 0 Å². The van der Waals surface area contributed by atoms with Gasteiger partial charge in [0.05, 0.1) is 12.3 Å². The maximum absolute atomic E-state index is 12.9. The zero-order valence-corrected chi connectivity index (χ0v) is 12.8. The molecule has 0 unspecified atom stereocenters. The monoisotopic (exact) mass is 323 g/mol. The van der Waals surface area contributed by atoms with Gasteiger partial charge >= 0.3 is 0 Å². The van der Waals surface area contributed by atoms with Gasteiger partial charge in [0.1, 0.15) is 4.90 Å². The van der Waals surface area contributed by atoms with Crippen LogP contribution in [0.3, 0.4) is 0 Å². The van der Waals surface area contributed by atoms with Gasteiger partial charge in [0, 0.05) is 6.54 Å². The molecule has 1 saturated heterocycles. The molecule has 1 aromatic heterocycles. The zero-order valence-electron chi connectivity index (χ0n) is 11.2. The van der Waals surface area contributed by atoms with E-state index in [-0.39, 0.29) is 22.1 Å². The third-order valence-electron chi connectivity index (χ3n) is 4.50. The van der Waals surface area contributed by atoms with Crippen LogP contribution in [0.15, 0.2) is 45.9 Å². The van der Waals surface area contributed by atoms with Gasteiger partial charge < -0.3 is 4.42 Å². The molecule has 2 bridgehead atoms. The Morgan fingerprint density at radius 3 is 2.62 bits per heavy atom.